The lowest BCUT2D eigenvalue weighted by Gasteiger charge is -2.12. The minimum Gasteiger partial charge on any atom is -0.332 e. The fourth-order valence-electron chi connectivity index (χ4n) is 2.16. The summed E-state index contributed by atoms with van der Waals surface area (Å²) in [5, 5.41) is 14.2. The summed E-state index contributed by atoms with van der Waals surface area (Å²) in [6.07, 6.45) is 0. The number of hydrogen-bond donors (Lipinski definition) is 3. The van der Waals surface area contributed by atoms with E-state index < -0.39 is 10.0 Å². The molecule has 0 fully saturated rings. The Hall–Kier alpha value is -1.98. The van der Waals surface area contributed by atoms with Gasteiger partial charge in [0.1, 0.15) is 0 Å². The number of hydrogen-bond acceptors (Lipinski definition) is 5. The van der Waals surface area contributed by atoms with E-state index in [2.05, 4.69) is 41.5 Å². The third kappa shape index (κ3) is 6.00. The van der Waals surface area contributed by atoms with Gasteiger partial charge in [0, 0.05) is 10.2 Å². The van der Waals surface area contributed by atoms with E-state index in [1.165, 1.54) is 24.3 Å². The summed E-state index contributed by atoms with van der Waals surface area (Å²) in [5.74, 6) is 0.0633. The lowest BCUT2D eigenvalue weighted by atomic mass is 10.3. The molecule has 0 unspecified atom stereocenters. The van der Waals surface area contributed by atoms with E-state index in [-0.39, 0.29) is 15.9 Å². The second-order valence-electron chi connectivity index (χ2n) is 5.57. The summed E-state index contributed by atoms with van der Waals surface area (Å²) < 4.78 is 28.1. The van der Waals surface area contributed by atoms with Crippen molar-refractivity contribution in [2.75, 3.05) is 15.4 Å². The van der Waals surface area contributed by atoms with Crippen LogP contribution < -0.4 is 15.4 Å². The quantitative estimate of drug-likeness (QED) is 0.391. The first kappa shape index (κ1) is 21.7. The molecule has 0 bridgehead atoms. The highest BCUT2D eigenvalue weighted by Gasteiger charge is 2.15. The summed E-state index contributed by atoms with van der Waals surface area (Å²) in [6.45, 7) is 0. The molecule has 0 amide bonds. The van der Waals surface area contributed by atoms with E-state index >= 15 is 0 Å². The summed E-state index contributed by atoms with van der Waals surface area (Å²) >= 11 is 20.4. The maximum Gasteiger partial charge on any atom is 0.263 e. The number of aromatic nitrogens is 2. The molecule has 0 radical (unpaired) electrons. The molecule has 7 nitrogen and oxygen atoms in total. The summed E-state index contributed by atoms with van der Waals surface area (Å²) in [6, 6.07) is 14.2. The van der Waals surface area contributed by atoms with Crippen molar-refractivity contribution in [1.29, 1.82) is 0 Å². The van der Waals surface area contributed by atoms with Crippen molar-refractivity contribution in [2.45, 2.75) is 4.90 Å². The summed E-state index contributed by atoms with van der Waals surface area (Å²) in [7, 11) is -3.82. The van der Waals surface area contributed by atoms with Gasteiger partial charge in [0.15, 0.2) is 16.1 Å². The predicted molar refractivity (Wildman–Crippen MR) is 123 cm³/mol. The Labute approximate surface area is 191 Å². The smallest absolute Gasteiger partial charge is 0.263 e. The molecule has 2 aromatic carbocycles. The molecule has 1 heterocycles. The van der Waals surface area contributed by atoms with Gasteiger partial charge in [-0.25, -0.2) is 8.42 Å². The molecular weight excluding hydrogens is 521 g/mol. The zero-order valence-electron chi connectivity index (χ0n) is 14.4. The molecular formula is C17H12BrCl2N5O2S2. The molecule has 0 aliphatic heterocycles. The van der Waals surface area contributed by atoms with Gasteiger partial charge < -0.3 is 10.6 Å². The van der Waals surface area contributed by atoms with Crippen LogP contribution in [0.3, 0.4) is 0 Å². The maximum atomic E-state index is 12.4. The van der Waals surface area contributed by atoms with Crippen LogP contribution in [0.5, 0.6) is 0 Å². The average Bonchev–Trinajstić information content (AvgIpc) is 2.66. The molecule has 12 heteroatoms. The molecule has 1 aromatic heterocycles. The highest BCUT2D eigenvalue weighted by Crippen LogP contribution is 2.26. The van der Waals surface area contributed by atoms with Gasteiger partial charge in [-0.3, -0.25) is 4.72 Å². The maximum absolute atomic E-state index is 12.4. The Bertz CT molecular complexity index is 1140. The van der Waals surface area contributed by atoms with Crippen molar-refractivity contribution in [1.82, 2.24) is 10.2 Å². The van der Waals surface area contributed by atoms with E-state index in [9.17, 15) is 8.42 Å². The van der Waals surface area contributed by atoms with E-state index in [1.807, 2.05) is 6.07 Å². The molecule has 3 aromatic rings. The predicted octanol–water partition coefficient (Wildman–Crippen LogP) is 5.16. The number of nitrogens with zero attached hydrogens (tertiary/aromatic N) is 2. The van der Waals surface area contributed by atoms with Crippen molar-refractivity contribution in [3.05, 3.63) is 69.2 Å². The van der Waals surface area contributed by atoms with Gasteiger partial charge in [0.2, 0.25) is 0 Å². The first-order valence-corrected chi connectivity index (χ1v) is 11.3. The fraction of sp³-hybridized carbons (Fsp3) is 0. The largest absolute Gasteiger partial charge is 0.332 e. The van der Waals surface area contributed by atoms with Crippen LogP contribution in [-0.2, 0) is 10.0 Å². The number of halogens is 3. The van der Waals surface area contributed by atoms with Crippen LogP contribution >= 0.6 is 51.3 Å². The zero-order valence-corrected chi connectivity index (χ0v) is 19.1. The molecule has 0 atom stereocenters. The molecule has 3 rings (SSSR count). The van der Waals surface area contributed by atoms with Crippen molar-refractivity contribution >= 4 is 83.7 Å². The van der Waals surface area contributed by atoms with Crippen molar-refractivity contribution in [2.24, 2.45) is 0 Å². The Morgan fingerprint density at radius 3 is 2.31 bits per heavy atom. The minimum absolute atomic E-state index is 0.0506. The first-order valence-electron chi connectivity index (χ1n) is 7.88. The van der Waals surface area contributed by atoms with Crippen LogP contribution in [0.1, 0.15) is 0 Å². The second kappa shape index (κ2) is 9.23. The van der Waals surface area contributed by atoms with Crippen molar-refractivity contribution in [3.63, 3.8) is 0 Å². The van der Waals surface area contributed by atoms with Crippen LogP contribution in [0.4, 0.5) is 17.2 Å². The van der Waals surface area contributed by atoms with E-state index in [1.54, 1.807) is 24.3 Å². The van der Waals surface area contributed by atoms with Crippen LogP contribution in [0, 0.1) is 0 Å². The van der Waals surface area contributed by atoms with E-state index in [0.29, 0.717) is 21.5 Å². The van der Waals surface area contributed by atoms with Crippen LogP contribution in [0.2, 0.25) is 10.2 Å². The number of benzene rings is 2. The highest BCUT2D eigenvalue weighted by atomic mass is 79.9. The molecule has 0 spiro atoms. The van der Waals surface area contributed by atoms with Gasteiger partial charge in [-0.1, -0.05) is 39.1 Å². The second-order valence-corrected chi connectivity index (χ2v) is 9.38. The summed E-state index contributed by atoms with van der Waals surface area (Å²) in [5.41, 5.74) is 1.24. The van der Waals surface area contributed by atoms with Gasteiger partial charge in [0.25, 0.3) is 10.0 Å². The number of rotatable bonds is 5. The monoisotopic (exact) mass is 531 g/mol. The van der Waals surface area contributed by atoms with Gasteiger partial charge in [-0.2, -0.15) is 0 Å². The van der Waals surface area contributed by atoms with E-state index in [0.717, 1.165) is 4.47 Å². The average molecular weight is 533 g/mol. The third-order valence-corrected chi connectivity index (χ3v) is 6.06. The Kier molecular flexibility index (Phi) is 6.91. The molecule has 0 aliphatic rings. The minimum atomic E-state index is -3.82. The van der Waals surface area contributed by atoms with Gasteiger partial charge in [-0.05, 0) is 66.8 Å². The first-order chi connectivity index (χ1) is 13.7. The normalized spacial score (nSPS) is 11.0. The zero-order chi connectivity index (χ0) is 21.0. The molecule has 0 aliphatic carbocycles. The van der Waals surface area contributed by atoms with Gasteiger partial charge >= 0.3 is 0 Å². The number of anilines is 3. The van der Waals surface area contributed by atoms with Gasteiger partial charge in [0.05, 0.1) is 15.6 Å². The SMILES string of the molecule is O=S(=O)(Nc1ccc(Cl)nn1)c1ccc(NC(=S)Nc2ccc(Br)cc2Cl)cc1. The van der Waals surface area contributed by atoms with E-state index in [4.69, 9.17) is 35.4 Å². The van der Waals surface area contributed by atoms with Crippen LogP contribution in [0.15, 0.2) is 64.0 Å². The Morgan fingerprint density at radius 2 is 1.69 bits per heavy atom. The third-order valence-electron chi connectivity index (χ3n) is 3.47. The molecule has 0 saturated heterocycles. The van der Waals surface area contributed by atoms with Crippen molar-refractivity contribution in [3.8, 4) is 0 Å². The number of thiocarbonyl (C=S) groups is 1. The highest BCUT2D eigenvalue weighted by molar-refractivity contribution is 9.10. The van der Waals surface area contributed by atoms with Gasteiger partial charge in [-0.15, -0.1) is 10.2 Å². The van der Waals surface area contributed by atoms with Crippen LogP contribution in [0.25, 0.3) is 0 Å². The molecule has 29 heavy (non-hydrogen) atoms. The molecule has 3 N–H and O–H groups in total. The molecule has 150 valence electrons. The van der Waals surface area contributed by atoms with Crippen molar-refractivity contribution < 1.29 is 8.42 Å². The lowest BCUT2D eigenvalue weighted by molar-refractivity contribution is 0.601. The number of sulfonamides is 1. The summed E-state index contributed by atoms with van der Waals surface area (Å²) in [4.78, 5) is 0.0506. The fourth-order valence-corrected chi connectivity index (χ4v) is 4.21. The Morgan fingerprint density at radius 1 is 0.966 bits per heavy atom. The van der Waals surface area contributed by atoms with Crippen LogP contribution in [-0.4, -0.2) is 23.7 Å². The standard InChI is InChI=1S/C17H12BrCl2N5O2S2/c18-10-1-6-14(13(19)9-10)22-17(28)21-11-2-4-12(5-3-11)29(26,27)25-16-8-7-15(20)23-24-16/h1-9H,(H,24,25)(H2,21,22,28). The topological polar surface area (TPSA) is 96.0 Å². The molecule has 0 saturated carbocycles. The number of nitrogens with one attached hydrogen (secondary N) is 3. The lowest BCUT2D eigenvalue weighted by Crippen LogP contribution is -2.19. The Balaban J connectivity index is 1.66.